The molecule has 1 aliphatic carbocycles. The first kappa shape index (κ1) is 28.6. The number of sulfone groups is 1. The average Bonchev–Trinajstić information content (AvgIpc) is 3.50. The Bertz CT molecular complexity index is 1390. The Labute approximate surface area is 223 Å². The van der Waals surface area contributed by atoms with Gasteiger partial charge in [0, 0.05) is 19.6 Å². The number of amides is 1. The van der Waals surface area contributed by atoms with Gasteiger partial charge in [0.2, 0.25) is 5.91 Å². The predicted molar refractivity (Wildman–Crippen MR) is 138 cm³/mol. The van der Waals surface area contributed by atoms with Crippen LogP contribution in [0.2, 0.25) is 0 Å². The highest BCUT2D eigenvalue weighted by molar-refractivity contribution is 7.92. The standard InChI is InChI=1S/C27H27F4N3O4S/c1-32-20(12-24(33-2)16-3-5-18(6-4-16)27(29,30)31)13-34-26(35)22-11-17-14-38-15-23(17)25(22)39(36,37)21-9-7-19(28)8-10-21/h3-10,12,17,22-23,25H,1,11,13-15H2,2H3,(H,34,35)/b20-12-,33-24+/t17-,22+,23+,25?/m0/s1. The number of rotatable bonds is 8. The zero-order chi connectivity index (χ0) is 28.4. The Morgan fingerprint density at radius 1 is 1.13 bits per heavy atom. The zero-order valence-electron chi connectivity index (χ0n) is 21.0. The molecule has 4 atom stereocenters. The van der Waals surface area contributed by atoms with Crippen LogP contribution >= 0.6 is 0 Å². The molecule has 0 aromatic heterocycles. The normalized spacial score (nSPS) is 23.9. The molecule has 1 saturated heterocycles. The summed E-state index contributed by atoms with van der Waals surface area (Å²) < 4.78 is 84.7. The lowest BCUT2D eigenvalue weighted by atomic mass is 10.0. The maximum Gasteiger partial charge on any atom is 0.416 e. The Kier molecular flexibility index (Phi) is 8.36. The van der Waals surface area contributed by atoms with Gasteiger partial charge in [-0.05, 0) is 67.1 Å². The largest absolute Gasteiger partial charge is 0.416 e. The molecule has 7 nitrogen and oxygen atoms in total. The molecule has 1 unspecified atom stereocenters. The molecule has 1 saturated carbocycles. The van der Waals surface area contributed by atoms with Gasteiger partial charge < -0.3 is 10.1 Å². The van der Waals surface area contributed by atoms with Gasteiger partial charge in [-0.15, -0.1) is 0 Å². The lowest BCUT2D eigenvalue weighted by molar-refractivity contribution is -0.137. The smallest absolute Gasteiger partial charge is 0.381 e. The van der Waals surface area contributed by atoms with Gasteiger partial charge in [0.25, 0.3) is 0 Å². The van der Waals surface area contributed by atoms with E-state index in [1.54, 1.807) is 0 Å². The molecule has 2 aliphatic rings. The summed E-state index contributed by atoms with van der Waals surface area (Å²) in [6.07, 6.45) is -2.67. The monoisotopic (exact) mass is 565 g/mol. The van der Waals surface area contributed by atoms with E-state index in [1.807, 2.05) is 0 Å². The second-order valence-electron chi connectivity index (χ2n) is 9.46. The quantitative estimate of drug-likeness (QED) is 0.296. The van der Waals surface area contributed by atoms with E-state index in [0.29, 0.717) is 24.3 Å². The third kappa shape index (κ3) is 6.11. The number of hydrogen-bond acceptors (Lipinski definition) is 6. The molecule has 1 N–H and O–H groups in total. The fourth-order valence-electron chi connectivity index (χ4n) is 5.19. The van der Waals surface area contributed by atoms with Crippen molar-refractivity contribution in [2.75, 3.05) is 26.8 Å². The number of nitrogens with one attached hydrogen (secondary N) is 1. The van der Waals surface area contributed by atoms with Gasteiger partial charge >= 0.3 is 6.18 Å². The molecule has 2 aromatic rings. The van der Waals surface area contributed by atoms with Gasteiger partial charge in [-0.25, -0.2) is 12.8 Å². The van der Waals surface area contributed by atoms with E-state index in [0.717, 1.165) is 24.3 Å². The van der Waals surface area contributed by atoms with Crippen molar-refractivity contribution in [2.45, 2.75) is 22.7 Å². The van der Waals surface area contributed by atoms with Crippen molar-refractivity contribution >= 4 is 28.2 Å². The van der Waals surface area contributed by atoms with E-state index in [2.05, 4.69) is 22.0 Å². The molecule has 2 fully saturated rings. The highest BCUT2D eigenvalue weighted by Gasteiger charge is 2.54. The molecule has 0 bridgehead atoms. The van der Waals surface area contributed by atoms with Crippen molar-refractivity contribution in [1.82, 2.24) is 5.32 Å². The molecule has 1 aliphatic heterocycles. The number of halogens is 4. The number of fused-ring (bicyclic) bond motifs is 1. The van der Waals surface area contributed by atoms with Crippen LogP contribution in [0.1, 0.15) is 17.5 Å². The molecule has 0 radical (unpaired) electrons. The number of benzene rings is 2. The molecular weight excluding hydrogens is 538 g/mol. The summed E-state index contributed by atoms with van der Waals surface area (Å²) in [4.78, 5) is 21.2. The Morgan fingerprint density at radius 2 is 1.79 bits per heavy atom. The highest BCUT2D eigenvalue weighted by atomic mass is 32.2. The number of alkyl halides is 3. The van der Waals surface area contributed by atoms with Gasteiger partial charge in [-0.1, -0.05) is 12.1 Å². The van der Waals surface area contributed by atoms with Crippen LogP contribution in [0.5, 0.6) is 0 Å². The number of ether oxygens (including phenoxy) is 1. The molecule has 0 spiro atoms. The summed E-state index contributed by atoms with van der Waals surface area (Å²) in [6, 6.07) is 8.97. The number of allylic oxidation sites excluding steroid dienone is 1. The lowest BCUT2D eigenvalue weighted by Gasteiger charge is -2.23. The topological polar surface area (TPSA) is 97.2 Å². The maximum atomic E-state index is 13.5. The van der Waals surface area contributed by atoms with Crippen molar-refractivity contribution < 1.29 is 35.5 Å². The van der Waals surface area contributed by atoms with Gasteiger partial charge in [-0.2, -0.15) is 13.2 Å². The maximum absolute atomic E-state index is 13.5. The third-order valence-corrected chi connectivity index (χ3v) is 9.48. The number of aliphatic imine (C=N–C) groups is 2. The fourth-order valence-corrected chi connectivity index (χ4v) is 7.45. The van der Waals surface area contributed by atoms with Crippen molar-refractivity contribution in [3.05, 3.63) is 77.2 Å². The molecule has 4 rings (SSSR count). The number of nitrogens with zero attached hydrogens (tertiary/aromatic N) is 2. The summed E-state index contributed by atoms with van der Waals surface area (Å²) in [5.41, 5.74) is 0.219. The summed E-state index contributed by atoms with van der Waals surface area (Å²) in [6.45, 7) is 3.96. The van der Waals surface area contributed by atoms with E-state index in [1.165, 1.54) is 37.4 Å². The summed E-state index contributed by atoms with van der Waals surface area (Å²) in [5.74, 6) is -2.40. The van der Waals surface area contributed by atoms with Crippen LogP contribution in [0.15, 0.2) is 75.2 Å². The lowest BCUT2D eigenvalue weighted by Crippen LogP contribution is -2.42. The van der Waals surface area contributed by atoms with Crippen molar-refractivity contribution in [3.63, 3.8) is 0 Å². The van der Waals surface area contributed by atoms with Crippen LogP contribution in [-0.4, -0.2) is 58.8 Å². The summed E-state index contributed by atoms with van der Waals surface area (Å²) >= 11 is 0. The van der Waals surface area contributed by atoms with Crippen molar-refractivity contribution in [3.8, 4) is 0 Å². The Morgan fingerprint density at radius 3 is 2.38 bits per heavy atom. The van der Waals surface area contributed by atoms with Gasteiger partial charge in [0.1, 0.15) is 5.82 Å². The number of hydrogen-bond donors (Lipinski definition) is 1. The number of carbonyl (C=O) groups excluding carboxylic acids is 1. The Hall–Kier alpha value is -3.38. The third-order valence-electron chi connectivity index (χ3n) is 7.16. The highest BCUT2D eigenvalue weighted by Crippen LogP contribution is 2.46. The minimum absolute atomic E-state index is 0.0621. The molecule has 208 valence electrons. The summed E-state index contributed by atoms with van der Waals surface area (Å²) in [5, 5.41) is 1.69. The molecule has 1 amide bonds. The SMILES string of the molecule is C=N/C(=C\C(=N/C)c1ccc(C(F)(F)F)cc1)CNC(=O)[C@@H]1C[C@H]2COC[C@H]2C1S(=O)(=O)c1ccc(F)cc1. The van der Waals surface area contributed by atoms with E-state index < -0.39 is 44.5 Å². The second-order valence-corrected chi connectivity index (χ2v) is 11.6. The van der Waals surface area contributed by atoms with Crippen LogP contribution in [0, 0.1) is 23.6 Å². The first-order chi connectivity index (χ1) is 18.5. The predicted octanol–water partition coefficient (Wildman–Crippen LogP) is 4.09. The van der Waals surface area contributed by atoms with E-state index in [4.69, 9.17) is 4.74 Å². The van der Waals surface area contributed by atoms with E-state index in [9.17, 15) is 30.8 Å². The number of carbonyl (C=O) groups is 1. The molecule has 1 heterocycles. The van der Waals surface area contributed by atoms with Gasteiger partial charge in [0.05, 0.1) is 46.2 Å². The summed E-state index contributed by atoms with van der Waals surface area (Å²) in [7, 11) is -2.51. The minimum atomic E-state index is -4.47. The molecular formula is C27H27F4N3O4S. The van der Waals surface area contributed by atoms with Crippen LogP contribution < -0.4 is 5.32 Å². The van der Waals surface area contributed by atoms with Crippen LogP contribution in [-0.2, 0) is 25.5 Å². The van der Waals surface area contributed by atoms with Crippen LogP contribution in [0.4, 0.5) is 17.6 Å². The first-order valence-electron chi connectivity index (χ1n) is 12.1. The Balaban J connectivity index is 1.51. The zero-order valence-corrected chi connectivity index (χ0v) is 21.8. The fraction of sp³-hybridized carbons (Fsp3) is 0.370. The van der Waals surface area contributed by atoms with E-state index >= 15 is 0 Å². The molecule has 12 heteroatoms. The van der Waals surface area contributed by atoms with E-state index in [-0.39, 0.29) is 35.6 Å². The molecule has 39 heavy (non-hydrogen) atoms. The van der Waals surface area contributed by atoms with Crippen molar-refractivity contribution in [1.29, 1.82) is 0 Å². The first-order valence-corrected chi connectivity index (χ1v) is 13.7. The molecule has 2 aromatic carbocycles. The van der Waals surface area contributed by atoms with Gasteiger partial charge in [0.15, 0.2) is 9.84 Å². The van der Waals surface area contributed by atoms with Crippen molar-refractivity contribution in [2.24, 2.45) is 27.7 Å². The van der Waals surface area contributed by atoms with Gasteiger partial charge in [-0.3, -0.25) is 14.8 Å². The van der Waals surface area contributed by atoms with Crippen LogP contribution in [0.25, 0.3) is 0 Å². The minimum Gasteiger partial charge on any atom is -0.381 e. The second kappa shape index (κ2) is 11.4. The van der Waals surface area contributed by atoms with Crippen LogP contribution in [0.3, 0.4) is 0 Å². The average molecular weight is 566 g/mol.